The molecular formula is C25H24N4O2S. The number of nitrogens with zero attached hydrogens (tertiary/aromatic N) is 2. The number of anilines is 1. The first-order valence-corrected chi connectivity index (χ1v) is 11.5. The van der Waals surface area contributed by atoms with Crippen LogP contribution in [0.5, 0.6) is 0 Å². The van der Waals surface area contributed by atoms with Gasteiger partial charge in [-0.3, -0.25) is 14.7 Å². The molecule has 0 radical (unpaired) electrons. The fraction of sp³-hybridized carbons (Fsp3) is 0.240. The predicted octanol–water partition coefficient (Wildman–Crippen LogP) is 4.63. The zero-order chi connectivity index (χ0) is 22.3. The third-order valence-electron chi connectivity index (χ3n) is 6.17. The number of thiophene rings is 1. The predicted molar refractivity (Wildman–Crippen MR) is 126 cm³/mol. The normalized spacial score (nSPS) is 14.5. The second-order valence-electron chi connectivity index (χ2n) is 8.58. The van der Waals surface area contributed by atoms with Gasteiger partial charge in [-0.25, -0.2) is 0 Å². The molecule has 1 aliphatic heterocycles. The third-order valence-corrected chi connectivity index (χ3v) is 7.04. The van der Waals surface area contributed by atoms with Crippen molar-refractivity contribution in [3.8, 4) is 0 Å². The first-order valence-electron chi connectivity index (χ1n) is 10.6. The van der Waals surface area contributed by atoms with Gasteiger partial charge in [-0.15, -0.1) is 11.3 Å². The van der Waals surface area contributed by atoms with Gasteiger partial charge >= 0.3 is 0 Å². The molecule has 2 aromatic carbocycles. The largest absolute Gasteiger partial charge is 0.327 e. The molecule has 32 heavy (non-hydrogen) atoms. The number of hydrogen-bond donors (Lipinski definition) is 2. The van der Waals surface area contributed by atoms with Gasteiger partial charge in [0.2, 0.25) is 11.8 Å². The Hall–Kier alpha value is -3.45. The van der Waals surface area contributed by atoms with Gasteiger partial charge in [0.25, 0.3) is 0 Å². The molecular weight excluding hydrogens is 420 g/mol. The van der Waals surface area contributed by atoms with Crippen molar-refractivity contribution in [3.63, 3.8) is 0 Å². The lowest BCUT2D eigenvalue weighted by Gasteiger charge is -2.31. The molecule has 0 spiro atoms. The standard InChI is InChI=1S/C25H24N4O2S/c1-25(2)23-20(15-29(25)22(31)14-18-10-6-12-32-18)24(28-27-23)26-21(30)13-17-9-5-8-16-7-3-4-11-19(16)17/h3-12H,13-15H2,1-2H3,(H2,26,27,28,30). The summed E-state index contributed by atoms with van der Waals surface area (Å²) in [4.78, 5) is 28.8. The summed E-state index contributed by atoms with van der Waals surface area (Å²) in [5, 5.41) is 14.5. The van der Waals surface area contributed by atoms with E-state index in [0.717, 1.165) is 32.5 Å². The lowest BCUT2D eigenvalue weighted by atomic mass is 10.0. The van der Waals surface area contributed by atoms with Crippen LogP contribution < -0.4 is 5.32 Å². The summed E-state index contributed by atoms with van der Waals surface area (Å²) in [5.74, 6) is 0.441. The number of benzene rings is 2. The van der Waals surface area contributed by atoms with Gasteiger partial charge in [-0.1, -0.05) is 48.5 Å². The van der Waals surface area contributed by atoms with Gasteiger partial charge < -0.3 is 10.2 Å². The number of rotatable bonds is 5. The average Bonchev–Trinajstić information content (AvgIpc) is 3.47. The van der Waals surface area contributed by atoms with E-state index in [0.29, 0.717) is 18.8 Å². The highest BCUT2D eigenvalue weighted by Crippen LogP contribution is 2.41. The summed E-state index contributed by atoms with van der Waals surface area (Å²) in [6, 6.07) is 18.0. The molecule has 0 bridgehead atoms. The highest BCUT2D eigenvalue weighted by molar-refractivity contribution is 7.10. The van der Waals surface area contributed by atoms with Crippen molar-refractivity contribution in [2.45, 2.75) is 38.8 Å². The van der Waals surface area contributed by atoms with Crippen molar-refractivity contribution in [1.82, 2.24) is 15.1 Å². The summed E-state index contributed by atoms with van der Waals surface area (Å²) >= 11 is 1.58. The first-order chi connectivity index (χ1) is 15.4. The van der Waals surface area contributed by atoms with Crippen LogP contribution in [0.15, 0.2) is 60.0 Å². The van der Waals surface area contributed by atoms with E-state index in [-0.39, 0.29) is 18.2 Å². The van der Waals surface area contributed by atoms with E-state index >= 15 is 0 Å². The molecule has 162 valence electrons. The van der Waals surface area contributed by atoms with Gasteiger partial charge in [-0.2, -0.15) is 5.10 Å². The summed E-state index contributed by atoms with van der Waals surface area (Å²) in [6.07, 6.45) is 0.634. The van der Waals surface area contributed by atoms with Crippen molar-refractivity contribution >= 4 is 39.7 Å². The van der Waals surface area contributed by atoms with Crippen LogP contribution in [0.3, 0.4) is 0 Å². The molecule has 3 heterocycles. The minimum absolute atomic E-state index is 0.0649. The van der Waals surface area contributed by atoms with Gasteiger partial charge in [0.1, 0.15) is 0 Å². The quantitative estimate of drug-likeness (QED) is 0.471. The molecule has 4 aromatic rings. The van der Waals surface area contributed by atoms with Gasteiger partial charge in [-0.05, 0) is 41.6 Å². The highest BCUT2D eigenvalue weighted by Gasteiger charge is 2.43. The van der Waals surface area contributed by atoms with Crippen molar-refractivity contribution in [3.05, 3.63) is 81.7 Å². The van der Waals surface area contributed by atoms with E-state index < -0.39 is 5.54 Å². The number of fused-ring (bicyclic) bond motifs is 2. The average molecular weight is 445 g/mol. The van der Waals surface area contributed by atoms with Crippen LogP contribution in [0.4, 0.5) is 5.82 Å². The van der Waals surface area contributed by atoms with Crippen LogP contribution in [-0.4, -0.2) is 26.9 Å². The minimum Gasteiger partial charge on any atom is -0.327 e. The van der Waals surface area contributed by atoms with Gasteiger partial charge in [0.15, 0.2) is 5.82 Å². The summed E-state index contributed by atoms with van der Waals surface area (Å²) in [7, 11) is 0. The maximum atomic E-state index is 13.0. The number of amides is 2. The Morgan fingerprint density at radius 3 is 2.72 bits per heavy atom. The molecule has 0 aliphatic carbocycles. The number of carbonyl (C=O) groups is 2. The zero-order valence-corrected chi connectivity index (χ0v) is 18.8. The Kier molecular flexibility index (Phi) is 5.06. The van der Waals surface area contributed by atoms with Crippen molar-refractivity contribution in [2.75, 3.05) is 5.32 Å². The summed E-state index contributed by atoms with van der Waals surface area (Å²) < 4.78 is 0. The van der Waals surface area contributed by atoms with Crippen LogP contribution >= 0.6 is 11.3 Å². The molecule has 7 heteroatoms. The number of nitrogens with one attached hydrogen (secondary N) is 2. The Bertz CT molecular complexity index is 1300. The topological polar surface area (TPSA) is 78.1 Å². The SMILES string of the molecule is CC1(C)c2[nH]nc(NC(=O)Cc3cccc4ccccc34)c2CN1C(=O)Cc1cccs1. The van der Waals surface area contributed by atoms with Crippen LogP contribution in [-0.2, 0) is 34.5 Å². The number of H-pyrrole nitrogens is 1. The lowest BCUT2D eigenvalue weighted by Crippen LogP contribution is -2.41. The fourth-order valence-corrected chi connectivity index (χ4v) is 5.17. The second-order valence-corrected chi connectivity index (χ2v) is 9.62. The molecule has 2 N–H and O–H groups in total. The Labute approximate surface area is 190 Å². The lowest BCUT2D eigenvalue weighted by molar-refractivity contribution is -0.135. The van der Waals surface area contributed by atoms with Crippen molar-refractivity contribution < 1.29 is 9.59 Å². The first kappa shape index (κ1) is 20.5. The van der Waals surface area contributed by atoms with E-state index in [1.54, 1.807) is 11.3 Å². The molecule has 2 amide bonds. The molecule has 6 nitrogen and oxygen atoms in total. The molecule has 0 saturated carbocycles. The fourth-order valence-electron chi connectivity index (χ4n) is 4.47. The minimum atomic E-state index is -0.519. The Morgan fingerprint density at radius 2 is 1.91 bits per heavy atom. The van der Waals surface area contributed by atoms with Crippen LogP contribution in [0.25, 0.3) is 10.8 Å². The van der Waals surface area contributed by atoms with E-state index in [1.165, 1.54) is 0 Å². The van der Waals surface area contributed by atoms with E-state index in [2.05, 4.69) is 15.5 Å². The van der Waals surface area contributed by atoms with Crippen molar-refractivity contribution in [1.29, 1.82) is 0 Å². The highest BCUT2D eigenvalue weighted by atomic mass is 32.1. The van der Waals surface area contributed by atoms with Gasteiger partial charge in [0.05, 0.1) is 30.6 Å². The van der Waals surface area contributed by atoms with Crippen LogP contribution in [0.1, 0.15) is 35.5 Å². The molecule has 0 atom stereocenters. The van der Waals surface area contributed by atoms with Crippen LogP contribution in [0, 0.1) is 0 Å². The molecule has 2 aromatic heterocycles. The Morgan fingerprint density at radius 1 is 1.09 bits per heavy atom. The smallest absolute Gasteiger partial charge is 0.230 e. The second kappa shape index (κ2) is 7.91. The van der Waals surface area contributed by atoms with E-state index in [1.807, 2.05) is 78.7 Å². The summed E-state index contributed by atoms with van der Waals surface area (Å²) in [6.45, 7) is 4.43. The van der Waals surface area contributed by atoms with E-state index in [4.69, 9.17) is 0 Å². The molecule has 0 unspecified atom stereocenters. The number of aromatic nitrogens is 2. The van der Waals surface area contributed by atoms with Crippen LogP contribution in [0.2, 0.25) is 0 Å². The molecule has 0 fully saturated rings. The zero-order valence-electron chi connectivity index (χ0n) is 18.0. The molecule has 5 rings (SSSR count). The molecule has 0 saturated heterocycles. The maximum absolute atomic E-state index is 13.0. The number of aromatic amines is 1. The van der Waals surface area contributed by atoms with E-state index in [9.17, 15) is 9.59 Å². The summed E-state index contributed by atoms with van der Waals surface area (Å²) in [5.41, 5.74) is 2.20. The van der Waals surface area contributed by atoms with Gasteiger partial charge in [0, 0.05) is 10.4 Å². The molecule has 1 aliphatic rings. The maximum Gasteiger partial charge on any atom is 0.230 e. The Balaban J connectivity index is 1.33. The number of hydrogen-bond acceptors (Lipinski definition) is 4. The monoisotopic (exact) mass is 444 g/mol. The number of carbonyl (C=O) groups excluding carboxylic acids is 2. The third kappa shape index (κ3) is 3.58. The van der Waals surface area contributed by atoms with Crippen molar-refractivity contribution in [2.24, 2.45) is 0 Å².